The Morgan fingerprint density at radius 3 is 2.55 bits per heavy atom. The highest BCUT2D eigenvalue weighted by Gasteiger charge is 2.18. The van der Waals surface area contributed by atoms with Crippen LogP contribution >= 0.6 is 23.4 Å². The number of thioether (sulfide) groups is 1. The maximum atomic E-state index is 12.8. The quantitative estimate of drug-likeness (QED) is 0.281. The Morgan fingerprint density at radius 2 is 1.93 bits per heavy atom. The number of benzene rings is 1. The number of ketones is 1. The van der Waals surface area contributed by atoms with Crippen molar-refractivity contribution in [2.75, 3.05) is 19.5 Å². The van der Waals surface area contributed by atoms with Crippen molar-refractivity contribution in [3.63, 3.8) is 0 Å². The number of hydrogen-bond donors (Lipinski definition) is 0. The molecule has 3 aromatic rings. The fourth-order valence-corrected chi connectivity index (χ4v) is 4.10. The molecule has 0 atom stereocenters. The first-order chi connectivity index (χ1) is 13.9. The van der Waals surface area contributed by atoms with E-state index in [0.29, 0.717) is 23.9 Å². The van der Waals surface area contributed by atoms with Crippen LogP contribution in [0.25, 0.3) is 11.4 Å². The monoisotopic (exact) mass is 432 g/mol. The van der Waals surface area contributed by atoms with Crippen LogP contribution in [0.5, 0.6) is 0 Å². The number of aromatic nitrogens is 4. The van der Waals surface area contributed by atoms with Gasteiger partial charge in [0.1, 0.15) is 0 Å². The van der Waals surface area contributed by atoms with Crippen molar-refractivity contribution < 1.29 is 9.53 Å². The predicted molar refractivity (Wildman–Crippen MR) is 117 cm³/mol. The first-order valence-electron chi connectivity index (χ1n) is 9.39. The van der Waals surface area contributed by atoms with Crippen LogP contribution < -0.4 is 0 Å². The average Bonchev–Trinajstić information content (AvgIpc) is 3.23. The molecule has 0 spiro atoms. The Kier molecular flexibility index (Phi) is 7.16. The maximum absolute atomic E-state index is 12.8. The topological polar surface area (TPSA) is 61.9 Å². The first-order valence-corrected chi connectivity index (χ1v) is 10.8. The summed E-state index contributed by atoms with van der Waals surface area (Å²) in [7, 11) is 3.66. The van der Waals surface area contributed by atoms with E-state index < -0.39 is 0 Å². The second-order valence-electron chi connectivity index (χ2n) is 6.87. The molecule has 2 aromatic heterocycles. The summed E-state index contributed by atoms with van der Waals surface area (Å²) in [6.45, 7) is 5.32. The van der Waals surface area contributed by atoms with Crippen molar-refractivity contribution in [3.8, 4) is 11.4 Å². The summed E-state index contributed by atoms with van der Waals surface area (Å²) in [5, 5.41) is 10.1. The second-order valence-corrected chi connectivity index (χ2v) is 8.25. The molecule has 29 heavy (non-hydrogen) atoms. The Hall–Kier alpha value is -2.09. The van der Waals surface area contributed by atoms with Gasteiger partial charge in [-0.25, -0.2) is 0 Å². The van der Waals surface area contributed by atoms with Crippen molar-refractivity contribution in [2.45, 2.75) is 32.0 Å². The molecule has 0 amide bonds. The van der Waals surface area contributed by atoms with E-state index >= 15 is 0 Å². The number of Topliss-reactive ketones (excluding diaryl/α,β-unsaturated/α-hetero) is 1. The minimum atomic E-state index is 0.0932. The summed E-state index contributed by atoms with van der Waals surface area (Å²) in [5.41, 5.74) is 3.76. The van der Waals surface area contributed by atoms with E-state index in [1.54, 1.807) is 7.11 Å². The molecule has 0 fully saturated rings. The van der Waals surface area contributed by atoms with Gasteiger partial charge in [0.05, 0.1) is 5.75 Å². The number of hydrogen-bond acceptors (Lipinski definition) is 5. The highest BCUT2D eigenvalue weighted by Crippen LogP contribution is 2.26. The summed E-state index contributed by atoms with van der Waals surface area (Å²) in [6, 6.07) is 9.47. The number of nitrogens with zero attached hydrogens (tertiary/aromatic N) is 4. The van der Waals surface area contributed by atoms with Crippen LogP contribution in [-0.4, -0.2) is 44.6 Å². The molecule has 0 bridgehead atoms. The van der Waals surface area contributed by atoms with Crippen LogP contribution in [0.15, 0.2) is 35.5 Å². The van der Waals surface area contributed by atoms with Crippen LogP contribution in [0.4, 0.5) is 0 Å². The van der Waals surface area contributed by atoms with Gasteiger partial charge in [-0.2, -0.15) is 0 Å². The maximum Gasteiger partial charge on any atom is 0.191 e. The molecule has 0 saturated carbocycles. The van der Waals surface area contributed by atoms with Gasteiger partial charge in [0.2, 0.25) is 0 Å². The minimum absolute atomic E-state index is 0.0932. The lowest BCUT2D eigenvalue weighted by Gasteiger charge is -2.10. The molecule has 0 aliphatic heterocycles. The van der Waals surface area contributed by atoms with Gasteiger partial charge < -0.3 is 13.9 Å². The van der Waals surface area contributed by atoms with E-state index in [9.17, 15) is 4.79 Å². The predicted octanol–water partition coefficient (Wildman–Crippen LogP) is 4.57. The number of carbonyl (C=O) groups is 1. The Bertz CT molecular complexity index is 995. The summed E-state index contributed by atoms with van der Waals surface area (Å²) >= 11 is 7.43. The van der Waals surface area contributed by atoms with Crippen molar-refractivity contribution >= 4 is 29.1 Å². The highest BCUT2D eigenvalue weighted by atomic mass is 35.5. The molecule has 1 aromatic carbocycles. The van der Waals surface area contributed by atoms with E-state index in [-0.39, 0.29) is 5.78 Å². The van der Waals surface area contributed by atoms with Crippen molar-refractivity contribution in [2.24, 2.45) is 7.05 Å². The molecule has 6 nitrogen and oxygen atoms in total. The fourth-order valence-electron chi connectivity index (χ4n) is 3.12. The first kappa shape index (κ1) is 21.6. The number of ether oxygens (including phenoxy) is 1. The zero-order valence-electron chi connectivity index (χ0n) is 17.1. The van der Waals surface area contributed by atoms with Gasteiger partial charge in [-0.3, -0.25) is 4.79 Å². The summed E-state index contributed by atoms with van der Waals surface area (Å²) in [6.07, 6.45) is 0.827. The number of methoxy groups -OCH3 is 1. The number of rotatable bonds is 9. The lowest BCUT2D eigenvalue weighted by molar-refractivity contribution is 0.102. The molecule has 154 valence electrons. The van der Waals surface area contributed by atoms with E-state index in [2.05, 4.69) is 10.2 Å². The Balaban J connectivity index is 1.81. The van der Waals surface area contributed by atoms with Gasteiger partial charge in [-0.1, -0.05) is 23.4 Å². The Labute approximate surface area is 180 Å². The van der Waals surface area contributed by atoms with E-state index in [1.807, 2.05) is 60.4 Å². The number of carbonyl (C=O) groups excluding carboxylic acids is 1. The van der Waals surface area contributed by atoms with Gasteiger partial charge >= 0.3 is 0 Å². The minimum Gasteiger partial charge on any atom is -0.385 e. The largest absolute Gasteiger partial charge is 0.385 e. The molecular formula is C21H25ClN4O2S. The molecular weight excluding hydrogens is 408 g/mol. The molecule has 2 heterocycles. The lowest BCUT2D eigenvalue weighted by atomic mass is 10.2. The second kappa shape index (κ2) is 9.61. The third-order valence-electron chi connectivity index (χ3n) is 4.96. The van der Waals surface area contributed by atoms with E-state index in [1.165, 1.54) is 11.8 Å². The normalized spacial score (nSPS) is 11.2. The number of aryl methyl sites for hydroxylation is 1. The van der Waals surface area contributed by atoms with Gasteiger partial charge in [0.25, 0.3) is 0 Å². The molecule has 0 aliphatic rings. The SMILES string of the molecule is COCCCn1c(SCC(=O)c2cc(C)n(C)c2C)nnc1-c1ccc(Cl)cc1. The molecule has 0 saturated heterocycles. The summed E-state index contributed by atoms with van der Waals surface area (Å²) < 4.78 is 9.27. The van der Waals surface area contributed by atoms with E-state index in [0.717, 1.165) is 39.9 Å². The van der Waals surface area contributed by atoms with Gasteiger partial charge in [0, 0.05) is 54.8 Å². The summed E-state index contributed by atoms with van der Waals surface area (Å²) in [4.78, 5) is 12.8. The molecule has 0 N–H and O–H groups in total. The van der Waals surface area contributed by atoms with Crippen LogP contribution in [0.3, 0.4) is 0 Å². The summed E-state index contributed by atoms with van der Waals surface area (Å²) in [5.74, 6) is 1.17. The third kappa shape index (κ3) is 4.91. The molecule has 0 aliphatic carbocycles. The fraction of sp³-hybridized carbons (Fsp3) is 0.381. The Morgan fingerprint density at radius 1 is 1.21 bits per heavy atom. The van der Waals surface area contributed by atoms with Crippen molar-refractivity contribution in [1.29, 1.82) is 0 Å². The third-order valence-corrected chi connectivity index (χ3v) is 6.18. The standard InChI is InChI=1S/C21H25ClN4O2S/c1-14-12-18(15(2)25(14)3)19(27)13-29-21-24-23-20(26(21)10-5-11-28-4)16-6-8-17(22)9-7-16/h6-9,12H,5,10-11,13H2,1-4H3. The van der Waals surface area contributed by atoms with Crippen LogP contribution in [-0.2, 0) is 18.3 Å². The van der Waals surface area contributed by atoms with Crippen LogP contribution in [0.1, 0.15) is 28.2 Å². The van der Waals surface area contributed by atoms with Gasteiger partial charge in [-0.15, -0.1) is 10.2 Å². The molecule has 8 heteroatoms. The van der Waals surface area contributed by atoms with Crippen LogP contribution in [0.2, 0.25) is 5.02 Å². The van der Waals surface area contributed by atoms with Crippen molar-refractivity contribution in [1.82, 2.24) is 19.3 Å². The highest BCUT2D eigenvalue weighted by molar-refractivity contribution is 7.99. The zero-order valence-corrected chi connectivity index (χ0v) is 18.7. The average molecular weight is 433 g/mol. The molecule has 3 rings (SSSR count). The van der Waals surface area contributed by atoms with Gasteiger partial charge in [0.15, 0.2) is 16.8 Å². The van der Waals surface area contributed by atoms with Gasteiger partial charge in [-0.05, 0) is 50.6 Å². The smallest absolute Gasteiger partial charge is 0.191 e. The van der Waals surface area contributed by atoms with Crippen molar-refractivity contribution in [3.05, 3.63) is 52.3 Å². The zero-order chi connectivity index (χ0) is 21.0. The molecule has 0 radical (unpaired) electrons. The van der Waals surface area contributed by atoms with Crippen LogP contribution in [0, 0.1) is 13.8 Å². The lowest BCUT2D eigenvalue weighted by Crippen LogP contribution is -2.08. The van der Waals surface area contributed by atoms with E-state index in [4.69, 9.17) is 16.3 Å². The number of halogens is 1. The molecule has 0 unspecified atom stereocenters.